The average molecular weight is 349 g/mol. The normalized spacial score (nSPS) is 12.3. The largest absolute Gasteiger partial charge is 0.348 e. The molecule has 0 aliphatic carbocycles. The Balaban J connectivity index is 1.74. The molecule has 1 atom stereocenters. The first-order valence-corrected chi connectivity index (χ1v) is 8.00. The number of hydrogen-bond donors (Lipinski definition) is 1. The number of benzene rings is 1. The second-order valence-corrected chi connectivity index (χ2v) is 6.17. The van der Waals surface area contributed by atoms with Gasteiger partial charge in [-0.1, -0.05) is 6.07 Å². The molecule has 1 unspecified atom stereocenters. The van der Waals surface area contributed by atoms with Gasteiger partial charge in [-0.2, -0.15) is 0 Å². The summed E-state index contributed by atoms with van der Waals surface area (Å²) in [7, 11) is 0. The molecule has 5 nitrogen and oxygen atoms in total. The number of nitrogens with zero attached hydrogens (tertiary/aromatic N) is 2. The first-order valence-electron chi connectivity index (χ1n) is 7.12. The quantitative estimate of drug-likeness (QED) is 0.787. The third-order valence-electron chi connectivity index (χ3n) is 3.57. The number of carbonyl (C=O) groups is 1. The highest BCUT2D eigenvalue weighted by atomic mass is 32.1. The number of halogens is 2. The Kier molecular flexibility index (Phi) is 4.39. The van der Waals surface area contributed by atoms with Crippen molar-refractivity contribution >= 4 is 27.5 Å². The molecule has 0 spiro atoms. The number of thiophene rings is 1. The summed E-state index contributed by atoms with van der Waals surface area (Å²) >= 11 is 1.34. The summed E-state index contributed by atoms with van der Waals surface area (Å²) < 4.78 is 27.9. The van der Waals surface area contributed by atoms with Crippen molar-refractivity contribution in [2.75, 3.05) is 0 Å². The summed E-state index contributed by atoms with van der Waals surface area (Å²) in [6.45, 7) is 1.35. The fraction of sp³-hybridized carbons (Fsp3) is 0.188. The van der Waals surface area contributed by atoms with Gasteiger partial charge in [-0.05, 0) is 24.4 Å². The maximum Gasteiger partial charge on any atom is 0.262 e. The molecule has 0 aliphatic rings. The van der Waals surface area contributed by atoms with Crippen LogP contribution in [0, 0.1) is 11.6 Å². The van der Waals surface area contributed by atoms with Crippen molar-refractivity contribution in [3.05, 3.63) is 63.5 Å². The molecule has 1 N–H and O–H groups in total. The first-order chi connectivity index (χ1) is 11.5. The van der Waals surface area contributed by atoms with Gasteiger partial charge in [-0.3, -0.25) is 14.2 Å². The molecule has 24 heavy (non-hydrogen) atoms. The second-order valence-electron chi connectivity index (χ2n) is 5.27. The highest BCUT2D eigenvalue weighted by Crippen LogP contribution is 2.17. The van der Waals surface area contributed by atoms with Crippen LogP contribution in [0.5, 0.6) is 0 Å². The van der Waals surface area contributed by atoms with Crippen LogP contribution in [-0.2, 0) is 11.3 Å². The highest BCUT2D eigenvalue weighted by molar-refractivity contribution is 7.16. The van der Waals surface area contributed by atoms with E-state index in [-0.39, 0.29) is 17.7 Å². The Bertz CT molecular complexity index is 967. The zero-order valence-electron chi connectivity index (χ0n) is 12.6. The summed E-state index contributed by atoms with van der Waals surface area (Å²) in [5.74, 6) is -1.89. The van der Waals surface area contributed by atoms with E-state index < -0.39 is 23.6 Å². The third kappa shape index (κ3) is 3.18. The van der Waals surface area contributed by atoms with Gasteiger partial charge >= 0.3 is 0 Å². The molecule has 3 aromatic rings. The predicted octanol–water partition coefficient (Wildman–Crippen LogP) is 2.61. The number of amides is 1. The van der Waals surface area contributed by atoms with E-state index in [0.29, 0.717) is 10.2 Å². The molecule has 2 aromatic heterocycles. The number of rotatable bonds is 4. The van der Waals surface area contributed by atoms with Gasteiger partial charge in [-0.15, -0.1) is 11.3 Å². The summed E-state index contributed by atoms with van der Waals surface area (Å²) in [5, 5.41) is 4.79. The maximum absolute atomic E-state index is 13.7. The summed E-state index contributed by atoms with van der Waals surface area (Å²) in [5.41, 5.74) is -0.138. The second kappa shape index (κ2) is 6.48. The Labute approximate surface area is 139 Å². The molecule has 3 rings (SSSR count). The Morgan fingerprint density at radius 2 is 2.17 bits per heavy atom. The van der Waals surface area contributed by atoms with Crippen LogP contribution < -0.4 is 10.9 Å². The van der Waals surface area contributed by atoms with Gasteiger partial charge in [0.25, 0.3) is 5.56 Å². The van der Waals surface area contributed by atoms with E-state index in [0.717, 1.165) is 12.1 Å². The van der Waals surface area contributed by atoms with E-state index in [1.807, 2.05) is 0 Å². The molecule has 0 aliphatic heterocycles. The summed E-state index contributed by atoms with van der Waals surface area (Å²) in [6.07, 6.45) is 1.31. The molecule has 0 fully saturated rings. The lowest BCUT2D eigenvalue weighted by molar-refractivity contribution is -0.122. The number of aromatic nitrogens is 2. The minimum atomic E-state index is -0.735. The lowest BCUT2D eigenvalue weighted by Gasteiger charge is -2.15. The van der Waals surface area contributed by atoms with Crippen LogP contribution in [0.25, 0.3) is 10.2 Å². The lowest BCUT2D eigenvalue weighted by atomic mass is 10.1. The third-order valence-corrected chi connectivity index (χ3v) is 4.39. The van der Waals surface area contributed by atoms with E-state index in [1.165, 1.54) is 28.3 Å². The van der Waals surface area contributed by atoms with E-state index in [1.54, 1.807) is 18.4 Å². The zero-order chi connectivity index (χ0) is 17.3. The van der Waals surface area contributed by atoms with Crippen molar-refractivity contribution in [1.29, 1.82) is 0 Å². The molecule has 1 amide bonds. The average Bonchev–Trinajstić information content (AvgIpc) is 2.99. The van der Waals surface area contributed by atoms with E-state index >= 15 is 0 Å². The molecule has 1 aromatic carbocycles. The van der Waals surface area contributed by atoms with Crippen LogP contribution in [0.1, 0.15) is 18.5 Å². The van der Waals surface area contributed by atoms with Gasteiger partial charge < -0.3 is 5.32 Å². The number of hydrogen-bond acceptors (Lipinski definition) is 4. The Morgan fingerprint density at radius 3 is 2.92 bits per heavy atom. The fourth-order valence-corrected chi connectivity index (χ4v) is 3.10. The summed E-state index contributed by atoms with van der Waals surface area (Å²) in [4.78, 5) is 29.1. The van der Waals surface area contributed by atoms with Crippen molar-refractivity contribution in [3.63, 3.8) is 0 Å². The zero-order valence-corrected chi connectivity index (χ0v) is 13.4. The fourth-order valence-electron chi connectivity index (χ4n) is 2.38. The summed E-state index contributed by atoms with van der Waals surface area (Å²) in [6, 6.07) is 4.16. The van der Waals surface area contributed by atoms with Crippen LogP contribution in [0.3, 0.4) is 0 Å². The van der Waals surface area contributed by atoms with Gasteiger partial charge in [0.05, 0.1) is 17.8 Å². The molecule has 2 heterocycles. The van der Waals surface area contributed by atoms with Crippen LogP contribution in [0.15, 0.2) is 40.8 Å². The van der Waals surface area contributed by atoms with Crippen LogP contribution in [0.2, 0.25) is 0 Å². The number of fused-ring (bicyclic) bond motifs is 1. The number of carbonyl (C=O) groups excluding carboxylic acids is 1. The molecular weight excluding hydrogens is 336 g/mol. The van der Waals surface area contributed by atoms with E-state index in [4.69, 9.17) is 0 Å². The lowest BCUT2D eigenvalue weighted by Crippen LogP contribution is -2.34. The Hall–Kier alpha value is -2.61. The molecule has 0 saturated heterocycles. The maximum atomic E-state index is 13.7. The van der Waals surface area contributed by atoms with Crippen LogP contribution in [0.4, 0.5) is 8.78 Å². The van der Waals surface area contributed by atoms with Crippen molar-refractivity contribution in [1.82, 2.24) is 14.9 Å². The molecular formula is C16H13F2N3O2S. The van der Waals surface area contributed by atoms with Gasteiger partial charge in [0.15, 0.2) is 0 Å². The van der Waals surface area contributed by atoms with Gasteiger partial charge in [0.1, 0.15) is 23.0 Å². The van der Waals surface area contributed by atoms with Crippen molar-refractivity contribution in [2.24, 2.45) is 0 Å². The molecule has 0 saturated carbocycles. The SMILES string of the molecule is CC(NC(=O)Cn1cnc2sccc2c1=O)c1ccc(F)cc1F. The molecule has 0 radical (unpaired) electrons. The van der Waals surface area contributed by atoms with Gasteiger partial charge in [0, 0.05) is 11.6 Å². The minimum Gasteiger partial charge on any atom is -0.348 e. The van der Waals surface area contributed by atoms with Gasteiger partial charge in [-0.25, -0.2) is 13.8 Å². The van der Waals surface area contributed by atoms with Crippen LogP contribution >= 0.6 is 11.3 Å². The number of nitrogens with one attached hydrogen (secondary N) is 1. The van der Waals surface area contributed by atoms with E-state index in [9.17, 15) is 18.4 Å². The Morgan fingerprint density at radius 1 is 1.38 bits per heavy atom. The van der Waals surface area contributed by atoms with Crippen LogP contribution in [-0.4, -0.2) is 15.5 Å². The van der Waals surface area contributed by atoms with E-state index in [2.05, 4.69) is 10.3 Å². The monoisotopic (exact) mass is 349 g/mol. The highest BCUT2D eigenvalue weighted by Gasteiger charge is 2.15. The minimum absolute atomic E-state index is 0.170. The standard InChI is InChI=1S/C16H13F2N3O2S/c1-9(11-3-2-10(17)6-13(11)18)20-14(22)7-21-8-19-15-12(16(21)23)4-5-24-15/h2-6,8-9H,7H2,1H3,(H,20,22). The van der Waals surface area contributed by atoms with Crippen molar-refractivity contribution in [2.45, 2.75) is 19.5 Å². The smallest absolute Gasteiger partial charge is 0.262 e. The van der Waals surface area contributed by atoms with Gasteiger partial charge in [0.2, 0.25) is 5.91 Å². The first kappa shape index (κ1) is 16.3. The van der Waals surface area contributed by atoms with Crippen molar-refractivity contribution < 1.29 is 13.6 Å². The predicted molar refractivity (Wildman–Crippen MR) is 86.8 cm³/mol. The van der Waals surface area contributed by atoms with Crippen molar-refractivity contribution in [3.8, 4) is 0 Å². The molecule has 8 heteroatoms. The molecule has 124 valence electrons. The molecule has 0 bridgehead atoms. The topological polar surface area (TPSA) is 64.0 Å².